The Morgan fingerprint density at radius 3 is 2.07 bits per heavy atom. The molecule has 5 nitrogen and oxygen atoms in total. The van der Waals surface area contributed by atoms with Gasteiger partial charge in [-0.25, -0.2) is 0 Å². The SMILES string of the molecule is CCOc1ccc(C(=O)CN(C2=NCCCC2)c2ccc(OCC)cc2)cc1. The Morgan fingerprint density at radius 1 is 0.929 bits per heavy atom. The molecule has 0 amide bonds. The highest BCUT2D eigenvalue weighted by Crippen LogP contribution is 2.23. The average molecular weight is 380 g/mol. The molecule has 5 heteroatoms. The minimum atomic E-state index is 0.0604. The first-order valence-corrected chi connectivity index (χ1v) is 10.0. The van der Waals surface area contributed by atoms with Gasteiger partial charge in [0.05, 0.1) is 19.8 Å². The second-order valence-corrected chi connectivity index (χ2v) is 6.65. The molecule has 148 valence electrons. The number of amidine groups is 1. The highest BCUT2D eigenvalue weighted by Gasteiger charge is 2.20. The lowest BCUT2D eigenvalue weighted by atomic mass is 10.1. The van der Waals surface area contributed by atoms with Gasteiger partial charge in [-0.1, -0.05) is 0 Å². The van der Waals surface area contributed by atoms with Crippen molar-refractivity contribution in [1.29, 1.82) is 0 Å². The van der Waals surface area contributed by atoms with Crippen LogP contribution in [-0.2, 0) is 0 Å². The van der Waals surface area contributed by atoms with E-state index in [4.69, 9.17) is 9.47 Å². The van der Waals surface area contributed by atoms with Gasteiger partial charge in [0.25, 0.3) is 0 Å². The standard InChI is InChI=1S/C23H28N2O3/c1-3-27-20-12-8-18(9-13-20)22(26)17-25(23-7-5-6-16-24-23)19-10-14-21(15-11-19)28-4-2/h8-15H,3-7,16-17H2,1-2H3. The van der Waals surface area contributed by atoms with E-state index in [9.17, 15) is 4.79 Å². The van der Waals surface area contributed by atoms with E-state index in [0.717, 1.165) is 48.8 Å². The van der Waals surface area contributed by atoms with E-state index in [1.54, 1.807) is 0 Å². The number of hydrogen-bond acceptors (Lipinski definition) is 5. The lowest BCUT2D eigenvalue weighted by Crippen LogP contribution is -2.37. The molecule has 0 fully saturated rings. The summed E-state index contributed by atoms with van der Waals surface area (Å²) in [5, 5.41) is 0. The van der Waals surface area contributed by atoms with Crippen molar-refractivity contribution >= 4 is 17.3 Å². The van der Waals surface area contributed by atoms with Crippen molar-refractivity contribution in [3.63, 3.8) is 0 Å². The van der Waals surface area contributed by atoms with Gasteiger partial charge in [0.2, 0.25) is 0 Å². The number of nitrogens with zero attached hydrogens (tertiary/aromatic N) is 2. The van der Waals surface area contributed by atoms with Crippen molar-refractivity contribution in [1.82, 2.24) is 0 Å². The van der Waals surface area contributed by atoms with E-state index in [1.807, 2.05) is 67.3 Å². The number of anilines is 1. The fraction of sp³-hybridized carbons (Fsp3) is 0.391. The van der Waals surface area contributed by atoms with Crippen molar-refractivity contribution in [3.8, 4) is 11.5 Å². The van der Waals surface area contributed by atoms with Crippen LogP contribution in [0.2, 0.25) is 0 Å². The second kappa shape index (κ2) is 9.93. The molecule has 28 heavy (non-hydrogen) atoms. The maximum atomic E-state index is 12.9. The van der Waals surface area contributed by atoms with Gasteiger partial charge in [-0.15, -0.1) is 0 Å². The number of hydrogen-bond donors (Lipinski definition) is 0. The van der Waals surface area contributed by atoms with Crippen LogP contribution >= 0.6 is 0 Å². The van der Waals surface area contributed by atoms with Crippen LogP contribution in [0.3, 0.4) is 0 Å². The predicted octanol–water partition coefficient (Wildman–Crippen LogP) is 4.76. The second-order valence-electron chi connectivity index (χ2n) is 6.65. The van der Waals surface area contributed by atoms with Crippen LogP contribution in [0.1, 0.15) is 43.5 Å². The number of benzene rings is 2. The minimum Gasteiger partial charge on any atom is -0.494 e. The first-order valence-electron chi connectivity index (χ1n) is 10.0. The first kappa shape index (κ1) is 19.9. The fourth-order valence-corrected chi connectivity index (χ4v) is 3.26. The minimum absolute atomic E-state index is 0.0604. The number of ketones is 1. The predicted molar refractivity (Wildman–Crippen MR) is 113 cm³/mol. The summed E-state index contributed by atoms with van der Waals surface area (Å²) in [4.78, 5) is 19.7. The van der Waals surface area contributed by atoms with E-state index in [2.05, 4.69) is 4.99 Å². The Labute approximate surface area is 167 Å². The lowest BCUT2D eigenvalue weighted by Gasteiger charge is -2.28. The fourth-order valence-electron chi connectivity index (χ4n) is 3.26. The van der Waals surface area contributed by atoms with Crippen LogP contribution in [0.5, 0.6) is 11.5 Å². The molecule has 1 heterocycles. The number of Topliss-reactive ketones (excluding diaryl/α,β-unsaturated/α-hetero) is 1. The number of carbonyl (C=O) groups excluding carboxylic acids is 1. The molecule has 0 saturated carbocycles. The van der Waals surface area contributed by atoms with Gasteiger partial charge in [-0.05, 0) is 75.2 Å². The molecule has 1 aliphatic heterocycles. The quantitative estimate of drug-likeness (QED) is 0.620. The first-order chi connectivity index (χ1) is 13.7. The summed E-state index contributed by atoms with van der Waals surface area (Å²) in [6, 6.07) is 15.2. The molecule has 0 radical (unpaired) electrons. The summed E-state index contributed by atoms with van der Waals surface area (Å²) in [6.07, 6.45) is 3.10. The number of ether oxygens (including phenoxy) is 2. The van der Waals surface area contributed by atoms with Crippen molar-refractivity contribution in [2.24, 2.45) is 4.99 Å². The highest BCUT2D eigenvalue weighted by molar-refractivity contribution is 6.07. The maximum absolute atomic E-state index is 12.9. The van der Waals surface area contributed by atoms with Gasteiger partial charge in [0.1, 0.15) is 17.3 Å². The molecule has 2 aromatic carbocycles. The van der Waals surface area contributed by atoms with Gasteiger partial charge >= 0.3 is 0 Å². The van der Waals surface area contributed by atoms with Gasteiger partial charge in [0, 0.05) is 24.2 Å². The molecule has 3 rings (SSSR count). The van der Waals surface area contributed by atoms with Gasteiger partial charge in [0.15, 0.2) is 5.78 Å². The van der Waals surface area contributed by atoms with Crippen LogP contribution in [0.4, 0.5) is 5.69 Å². The number of aliphatic imine (C=N–C) groups is 1. The summed E-state index contributed by atoms with van der Waals surface area (Å²) in [5.41, 5.74) is 1.64. The Bertz CT molecular complexity index is 798. The zero-order chi connectivity index (χ0) is 19.8. The number of rotatable bonds is 8. The van der Waals surface area contributed by atoms with E-state index in [-0.39, 0.29) is 12.3 Å². The largest absolute Gasteiger partial charge is 0.494 e. The summed E-state index contributed by atoms with van der Waals surface area (Å²) in [7, 11) is 0. The Kier molecular flexibility index (Phi) is 7.06. The molecule has 0 saturated heterocycles. The van der Waals surface area contributed by atoms with Crippen LogP contribution in [0.15, 0.2) is 53.5 Å². The van der Waals surface area contributed by atoms with Gasteiger partial charge in [-0.3, -0.25) is 9.79 Å². The monoisotopic (exact) mass is 380 g/mol. The van der Waals surface area contributed by atoms with E-state index in [0.29, 0.717) is 18.8 Å². The van der Waals surface area contributed by atoms with Crippen molar-refractivity contribution < 1.29 is 14.3 Å². The van der Waals surface area contributed by atoms with Crippen molar-refractivity contribution in [3.05, 3.63) is 54.1 Å². The summed E-state index contributed by atoms with van der Waals surface area (Å²) < 4.78 is 11.0. The molecule has 0 aromatic heterocycles. The summed E-state index contributed by atoms with van der Waals surface area (Å²) >= 11 is 0. The lowest BCUT2D eigenvalue weighted by molar-refractivity contribution is 0.100. The smallest absolute Gasteiger partial charge is 0.182 e. The third-order valence-corrected chi connectivity index (χ3v) is 4.66. The normalized spacial score (nSPS) is 13.6. The molecule has 0 bridgehead atoms. The van der Waals surface area contributed by atoms with Crippen LogP contribution < -0.4 is 14.4 Å². The zero-order valence-corrected chi connectivity index (χ0v) is 16.7. The molecular weight excluding hydrogens is 352 g/mol. The highest BCUT2D eigenvalue weighted by atomic mass is 16.5. The molecule has 2 aromatic rings. The molecule has 0 N–H and O–H groups in total. The topological polar surface area (TPSA) is 51.1 Å². The van der Waals surface area contributed by atoms with E-state index < -0.39 is 0 Å². The Morgan fingerprint density at radius 2 is 1.54 bits per heavy atom. The van der Waals surface area contributed by atoms with E-state index >= 15 is 0 Å². The Hall–Kier alpha value is -2.82. The average Bonchev–Trinajstić information content (AvgIpc) is 2.74. The van der Waals surface area contributed by atoms with Crippen LogP contribution in [0, 0.1) is 0 Å². The van der Waals surface area contributed by atoms with Crippen LogP contribution in [0.25, 0.3) is 0 Å². The third kappa shape index (κ3) is 5.12. The zero-order valence-electron chi connectivity index (χ0n) is 16.7. The molecule has 0 aliphatic carbocycles. The number of carbonyl (C=O) groups is 1. The van der Waals surface area contributed by atoms with E-state index in [1.165, 1.54) is 0 Å². The van der Waals surface area contributed by atoms with Crippen molar-refractivity contribution in [2.45, 2.75) is 33.1 Å². The third-order valence-electron chi connectivity index (χ3n) is 4.66. The van der Waals surface area contributed by atoms with Gasteiger partial charge in [-0.2, -0.15) is 0 Å². The maximum Gasteiger partial charge on any atom is 0.182 e. The summed E-state index contributed by atoms with van der Waals surface area (Å²) in [5.74, 6) is 2.65. The van der Waals surface area contributed by atoms with Gasteiger partial charge < -0.3 is 14.4 Å². The molecular formula is C23H28N2O3. The molecule has 0 atom stereocenters. The Balaban J connectivity index is 1.80. The molecule has 0 spiro atoms. The van der Waals surface area contributed by atoms with Crippen LogP contribution in [-0.4, -0.2) is 37.9 Å². The molecule has 0 unspecified atom stereocenters. The van der Waals surface area contributed by atoms with Crippen molar-refractivity contribution in [2.75, 3.05) is 31.2 Å². The summed E-state index contributed by atoms with van der Waals surface area (Å²) in [6.45, 7) is 6.23. The molecule has 1 aliphatic rings.